The lowest BCUT2D eigenvalue weighted by molar-refractivity contribution is -0.131. The van der Waals surface area contributed by atoms with E-state index in [2.05, 4.69) is 10.6 Å². The Labute approximate surface area is 209 Å². The molecule has 2 aliphatic heterocycles. The van der Waals surface area contributed by atoms with Gasteiger partial charge >= 0.3 is 0 Å². The number of hydrogen-bond donors (Lipinski definition) is 3. The summed E-state index contributed by atoms with van der Waals surface area (Å²) in [5.74, 6) is -2.30. The molecule has 0 radical (unpaired) electrons. The van der Waals surface area contributed by atoms with Crippen molar-refractivity contribution in [3.63, 3.8) is 0 Å². The molecule has 0 saturated carbocycles. The first kappa shape index (κ1) is 26.1. The Bertz CT molecular complexity index is 1270. The van der Waals surface area contributed by atoms with Gasteiger partial charge < -0.3 is 20.5 Å². The fraction of sp³-hybridized carbons (Fsp3) is 0.400. The summed E-state index contributed by atoms with van der Waals surface area (Å²) in [6.45, 7) is 1.26. The maximum absolute atomic E-state index is 15.3. The Morgan fingerprint density at radius 1 is 1.19 bits per heavy atom. The first-order valence-electron chi connectivity index (χ1n) is 11.6. The standard InChI is InChI=1S/C25H29F2N3O5S/c1-16-8-9-23(17-6-4-3-5-7-17)36(33,34)30(16)12-18-10-21(27)19(11-20(18)26)25(14-35-15-25)29-24(32)22(13-31)28-2/h3-7,10-11,13,16,23,28,31H,8-9,12,14-15H2,1-2H3,(H,29,32)/b22-13-/t16-,23+/m0/s1. The lowest BCUT2D eigenvalue weighted by Gasteiger charge is -2.42. The molecule has 0 spiro atoms. The summed E-state index contributed by atoms with van der Waals surface area (Å²) in [7, 11) is -2.40. The third-order valence-electron chi connectivity index (χ3n) is 6.87. The van der Waals surface area contributed by atoms with Gasteiger partial charge in [0.2, 0.25) is 10.0 Å². The number of rotatable bonds is 7. The van der Waals surface area contributed by atoms with E-state index >= 15 is 8.78 Å². The zero-order valence-corrected chi connectivity index (χ0v) is 20.8. The third kappa shape index (κ3) is 4.70. The second-order valence-electron chi connectivity index (χ2n) is 9.16. The number of nitrogens with zero attached hydrogens (tertiary/aromatic N) is 1. The van der Waals surface area contributed by atoms with Crippen LogP contribution in [0.5, 0.6) is 0 Å². The average molecular weight is 522 g/mol. The van der Waals surface area contributed by atoms with E-state index in [4.69, 9.17) is 4.74 Å². The number of carbonyl (C=O) groups is 1. The third-order valence-corrected chi connectivity index (χ3v) is 9.24. The topological polar surface area (TPSA) is 108 Å². The molecule has 2 saturated heterocycles. The highest BCUT2D eigenvalue weighted by Gasteiger charge is 2.45. The largest absolute Gasteiger partial charge is 0.513 e. The van der Waals surface area contributed by atoms with Crippen molar-refractivity contribution in [3.05, 3.63) is 82.7 Å². The quantitative estimate of drug-likeness (QED) is 0.382. The van der Waals surface area contributed by atoms with Crippen molar-refractivity contribution in [3.8, 4) is 0 Å². The molecule has 4 rings (SSSR count). The number of benzene rings is 2. The molecule has 3 N–H and O–H groups in total. The summed E-state index contributed by atoms with van der Waals surface area (Å²) in [5, 5.41) is 13.5. The van der Waals surface area contributed by atoms with Gasteiger partial charge in [0.1, 0.15) is 34.4 Å². The predicted molar refractivity (Wildman–Crippen MR) is 129 cm³/mol. The zero-order valence-electron chi connectivity index (χ0n) is 20.0. The molecule has 2 heterocycles. The molecule has 0 bridgehead atoms. The minimum absolute atomic E-state index is 0.0901. The normalized spacial score (nSPS) is 23.5. The molecule has 11 heteroatoms. The number of amides is 1. The van der Waals surface area contributed by atoms with Crippen LogP contribution in [-0.4, -0.2) is 50.0 Å². The maximum atomic E-state index is 15.3. The van der Waals surface area contributed by atoms with Crippen LogP contribution in [0.15, 0.2) is 54.4 Å². The van der Waals surface area contributed by atoms with E-state index < -0.39 is 38.4 Å². The Hall–Kier alpha value is -3.02. The van der Waals surface area contributed by atoms with E-state index in [1.165, 1.54) is 11.4 Å². The number of ether oxygens (including phenoxy) is 1. The van der Waals surface area contributed by atoms with Crippen LogP contribution in [-0.2, 0) is 31.6 Å². The zero-order chi connectivity index (χ0) is 26.1. The SMILES string of the molecule is CN/C(=C\O)C(=O)NC1(c2cc(F)c(CN3[C@@H](C)CC[C@H](c4ccccc4)S3(=O)=O)cc2F)COC1. The van der Waals surface area contributed by atoms with E-state index in [1.54, 1.807) is 37.3 Å². The highest BCUT2D eigenvalue weighted by molar-refractivity contribution is 7.89. The average Bonchev–Trinajstić information content (AvgIpc) is 2.82. The van der Waals surface area contributed by atoms with E-state index in [0.717, 1.165) is 12.1 Å². The Kier molecular flexibility index (Phi) is 7.35. The van der Waals surface area contributed by atoms with Crippen LogP contribution in [0.1, 0.15) is 41.7 Å². The van der Waals surface area contributed by atoms with Crippen molar-refractivity contribution in [2.24, 2.45) is 0 Å². The highest BCUT2D eigenvalue weighted by atomic mass is 32.2. The molecule has 2 aliphatic rings. The maximum Gasteiger partial charge on any atom is 0.271 e. The lowest BCUT2D eigenvalue weighted by Crippen LogP contribution is -2.60. The fourth-order valence-corrected chi connectivity index (χ4v) is 6.91. The molecular formula is C25H29F2N3O5S. The number of sulfonamides is 1. The molecule has 2 aromatic rings. The first-order valence-corrected chi connectivity index (χ1v) is 13.1. The smallest absolute Gasteiger partial charge is 0.271 e. The molecule has 2 aromatic carbocycles. The Morgan fingerprint density at radius 2 is 1.89 bits per heavy atom. The van der Waals surface area contributed by atoms with Crippen LogP contribution in [0.3, 0.4) is 0 Å². The van der Waals surface area contributed by atoms with Gasteiger partial charge in [0.25, 0.3) is 5.91 Å². The van der Waals surface area contributed by atoms with Crippen LogP contribution >= 0.6 is 0 Å². The van der Waals surface area contributed by atoms with Crippen LogP contribution in [0.2, 0.25) is 0 Å². The van der Waals surface area contributed by atoms with Gasteiger partial charge in [0.15, 0.2) is 0 Å². The van der Waals surface area contributed by atoms with E-state index in [0.29, 0.717) is 24.7 Å². The second-order valence-corrected chi connectivity index (χ2v) is 11.2. The number of nitrogens with one attached hydrogen (secondary N) is 2. The molecule has 2 fully saturated rings. The van der Waals surface area contributed by atoms with Gasteiger partial charge in [-0.15, -0.1) is 0 Å². The van der Waals surface area contributed by atoms with E-state index in [9.17, 15) is 18.3 Å². The monoisotopic (exact) mass is 521 g/mol. The summed E-state index contributed by atoms with van der Waals surface area (Å²) in [4.78, 5) is 12.4. The summed E-state index contributed by atoms with van der Waals surface area (Å²) in [5.41, 5.74) is -1.04. The van der Waals surface area contributed by atoms with Gasteiger partial charge in [-0.2, -0.15) is 4.31 Å². The van der Waals surface area contributed by atoms with Gasteiger partial charge in [-0.25, -0.2) is 17.2 Å². The van der Waals surface area contributed by atoms with Crippen LogP contribution in [0.4, 0.5) is 8.78 Å². The minimum Gasteiger partial charge on any atom is -0.513 e. The van der Waals surface area contributed by atoms with Gasteiger partial charge in [-0.05, 0) is 37.5 Å². The van der Waals surface area contributed by atoms with Crippen molar-refractivity contribution in [2.45, 2.75) is 43.1 Å². The predicted octanol–water partition coefficient (Wildman–Crippen LogP) is 2.98. The van der Waals surface area contributed by atoms with Crippen LogP contribution < -0.4 is 10.6 Å². The molecule has 0 aromatic heterocycles. The van der Waals surface area contributed by atoms with Crippen LogP contribution in [0, 0.1) is 11.6 Å². The highest BCUT2D eigenvalue weighted by Crippen LogP contribution is 2.39. The summed E-state index contributed by atoms with van der Waals surface area (Å²) < 4.78 is 64.0. The minimum atomic E-state index is -3.83. The molecule has 1 amide bonds. The van der Waals surface area contributed by atoms with Crippen molar-refractivity contribution in [1.82, 2.24) is 14.9 Å². The number of hydrogen-bond acceptors (Lipinski definition) is 6. The lowest BCUT2D eigenvalue weighted by atomic mass is 9.86. The molecule has 2 atom stereocenters. The van der Waals surface area contributed by atoms with Gasteiger partial charge in [-0.3, -0.25) is 4.79 Å². The number of aliphatic hydroxyl groups is 1. The molecule has 8 nitrogen and oxygen atoms in total. The van der Waals surface area contributed by atoms with Gasteiger partial charge in [0, 0.05) is 30.8 Å². The molecule has 36 heavy (non-hydrogen) atoms. The van der Waals surface area contributed by atoms with E-state index in [1.807, 2.05) is 0 Å². The number of carbonyl (C=O) groups excluding carboxylic acids is 1. The molecular weight excluding hydrogens is 492 g/mol. The van der Waals surface area contributed by atoms with E-state index in [-0.39, 0.29) is 42.6 Å². The fourth-order valence-electron chi connectivity index (χ4n) is 4.72. The summed E-state index contributed by atoms with van der Waals surface area (Å²) in [6.07, 6.45) is 1.60. The summed E-state index contributed by atoms with van der Waals surface area (Å²) in [6, 6.07) is 10.4. The second kappa shape index (κ2) is 10.2. The Morgan fingerprint density at radius 3 is 2.47 bits per heavy atom. The number of likely N-dealkylation sites (N-methyl/N-ethyl adjacent to an activating group) is 1. The summed E-state index contributed by atoms with van der Waals surface area (Å²) >= 11 is 0. The van der Waals surface area contributed by atoms with Crippen molar-refractivity contribution < 1.29 is 31.8 Å². The first-order chi connectivity index (χ1) is 17.1. The molecule has 0 unspecified atom stereocenters. The Balaban J connectivity index is 1.62. The number of halogens is 2. The van der Waals surface area contributed by atoms with Gasteiger partial charge in [0.05, 0.1) is 13.2 Å². The van der Waals surface area contributed by atoms with Crippen LogP contribution in [0.25, 0.3) is 0 Å². The van der Waals surface area contributed by atoms with Crippen molar-refractivity contribution >= 4 is 15.9 Å². The number of aliphatic hydroxyl groups excluding tert-OH is 1. The van der Waals surface area contributed by atoms with Crippen molar-refractivity contribution in [2.75, 3.05) is 20.3 Å². The molecule has 0 aliphatic carbocycles. The van der Waals surface area contributed by atoms with Gasteiger partial charge in [-0.1, -0.05) is 30.3 Å². The molecule has 194 valence electrons. The van der Waals surface area contributed by atoms with Crippen molar-refractivity contribution in [1.29, 1.82) is 0 Å².